The molecule has 0 aliphatic heterocycles. The summed E-state index contributed by atoms with van der Waals surface area (Å²) in [5.41, 5.74) is 9.20. The van der Waals surface area contributed by atoms with Crippen molar-refractivity contribution in [3.05, 3.63) is 24.3 Å². The van der Waals surface area contributed by atoms with Crippen molar-refractivity contribution in [1.82, 2.24) is 10.9 Å². The fourth-order valence-electron chi connectivity index (χ4n) is 1.04. The van der Waals surface area contributed by atoms with Crippen molar-refractivity contribution in [3.8, 4) is 0 Å². The molecule has 0 unspecified atom stereocenters. The highest BCUT2D eigenvalue weighted by Crippen LogP contribution is 2.12. The molecule has 1 aromatic rings. The molecule has 1 rings (SSSR count). The first-order valence-electron chi connectivity index (χ1n) is 5.00. The van der Waals surface area contributed by atoms with E-state index in [-0.39, 0.29) is 0 Å². The van der Waals surface area contributed by atoms with Crippen molar-refractivity contribution in [2.75, 3.05) is 17.3 Å². The van der Waals surface area contributed by atoms with E-state index in [1.54, 1.807) is 12.1 Å². The Bertz CT molecular complexity index is 369. The van der Waals surface area contributed by atoms with Gasteiger partial charge in [0.25, 0.3) is 0 Å². The van der Waals surface area contributed by atoms with Crippen molar-refractivity contribution >= 4 is 35.1 Å². The summed E-state index contributed by atoms with van der Waals surface area (Å²) in [7, 11) is 0. The van der Waals surface area contributed by atoms with Crippen molar-refractivity contribution in [3.63, 3.8) is 0 Å². The lowest BCUT2D eigenvalue weighted by molar-refractivity contribution is -0.109. The first kappa shape index (κ1) is 13.2. The third-order valence-corrected chi connectivity index (χ3v) is 1.91. The summed E-state index contributed by atoms with van der Waals surface area (Å²) in [6.07, 6.45) is 0.563. The second kappa shape index (κ2) is 7.42. The van der Waals surface area contributed by atoms with Crippen LogP contribution in [0.1, 0.15) is 6.92 Å². The van der Waals surface area contributed by atoms with Crippen LogP contribution in [0.2, 0.25) is 0 Å². The van der Waals surface area contributed by atoms with Crippen LogP contribution < -0.4 is 21.6 Å². The molecule has 1 amide bonds. The van der Waals surface area contributed by atoms with Gasteiger partial charge in [0.1, 0.15) is 0 Å². The van der Waals surface area contributed by atoms with E-state index in [9.17, 15) is 4.79 Å². The van der Waals surface area contributed by atoms with Gasteiger partial charge in [0.15, 0.2) is 5.11 Å². The minimum Gasteiger partial charge on any atom is -0.331 e. The largest absolute Gasteiger partial charge is 0.331 e. The molecular weight excluding hydrogens is 240 g/mol. The van der Waals surface area contributed by atoms with E-state index >= 15 is 0 Å². The van der Waals surface area contributed by atoms with Crippen LogP contribution in [-0.4, -0.2) is 18.1 Å². The van der Waals surface area contributed by atoms with Gasteiger partial charge in [0, 0.05) is 5.69 Å². The lowest BCUT2D eigenvalue weighted by Gasteiger charge is -2.10. The Morgan fingerprint density at radius 3 is 2.59 bits per heavy atom. The summed E-state index contributed by atoms with van der Waals surface area (Å²) in [5, 5.41) is 3.33. The molecule has 1 aromatic carbocycles. The number of carbonyl (C=O) groups excluding carboxylic acids is 1. The topological polar surface area (TPSA) is 74.4 Å². The number of amides is 1. The fourth-order valence-corrected chi connectivity index (χ4v) is 1.22. The van der Waals surface area contributed by atoms with Crippen molar-refractivity contribution < 1.29 is 9.63 Å². The van der Waals surface area contributed by atoms with Gasteiger partial charge in [-0.15, -0.1) is 0 Å². The van der Waals surface area contributed by atoms with Gasteiger partial charge in [-0.25, -0.2) is 5.48 Å². The van der Waals surface area contributed by atoms with Crippen molar-refractivity contribution in [2.45, 2.75) is 6.92 Å². The lowest BCUT2D eigenvalue weighted by atomic mass is 10.3. The van der Waals surface area contributed by atoms with E-state index < -0.39 is 0 Å². The van der Waals surface area contributed by atoms with Crippen LogP contribution in [0.4, 0.5) is 11.4 Å². The molecule has 92 valence electrons. The molecule has 0 aromatic heterocycles. The molecule has 0 fully saturated rings. The Kier molecular flexibility index (Phi) is 5.76. The van der Waals surface area contributed by atoms with Crippen molar-refractivity contribution in [2.24, 2.45) is 0 Å². The first-order chi connectivity index (χ1) is 8.26. The molecule has 0 radical (unpaired) electrons. The molecule has 0 heterocycles. The SMILES string of the molecule is CCONC(=S)Nc1ccc(NNC=O)cc1. The van der Waals surface area contributed by atoms with Crippen LogP contribution in [0.15, 0.2) is 24.3 Å². The first-order valence-corrected chi connectivity index (χ1v) is 5.41. The van der Waals surface area contributed by atoms with Crippen LogP contribution >= 0.6 is 12.2 Å². The van der Waals surface area contributed by atoms with Gasteiger partial charge in [-0.3, -0.25) is 20.5 Å². The average molecular weight is 254 g/mol. The van der Waals surface area contributed by atoms with Gasteiger partial charge >= 0.3 is 0 Å². The van der Waals surface area contributed by atoms with Gasteiger partial charge < -0.3 is 5.32 Å². The second-order valence-corrected chi connectivity index (χ2v) is 3.36. The molecule has 0 saturated carbocycles. The molecule has 0 aliphatic carbocycles. The summed E-state index contributed by atoms with van der Waals surface area (Å²) >= 11 is 4.98. The summed E-state index contributed by atoms with van der Waals surface area (Å²) in [6.45, 7) is 2.39. The third-order valence-electron chi connectivity index (χ3n) is 1.73. The van der Waals surface area contributed by atoms with Gasteiger partial charge in [0.05, 0.1) is 12.3 Å². The van der Waals surface area contributed by atoms with Gasteiger partial charge in [-0.2, -0.15) is 0 Å². The maximum atomic E-state index is 10.1. The predicted molar refractivity (Wildman–Crippen MR) is 70.2 cm³/mol. The van der Waals surface area contributed by atoms with E-state index in [4.69, 9.17) is 17.1 Å². The van der Waals surface area contributed by atoms with E-state index in [0.29, 0.717) is 18.1 Å². The molecular formula is C10H14N4O2S. The van der Waals surface area contributed by atoms with Gasteiger partial charge in [-0.1, -0.05) is 0 Å². The molecule has 17 heavy (non-hydrogen) atoms. The Balaban J connectivity index is 2.44. The number of rotatable bonds is 6. The zero-order valence-electron chi connectivity index (χ0n) is 9.32. The standard InChI is InChI=1S/C10H14N4O2S/c1-2-16-14-10(17)12-8-3-5-9(6-4-8)13-11-7-15/h3-7,13H,2H2,1H3,(H,11,15)(H2,12,14,17). The number of carbonyl (C=O) groups is 1. The quantitative estimate of drug-likeness (QED) is 0.345. The number of hydroxylamine groups is 1. The Labute approximate surface area is 105 Å². The highest BCUT2D eigenvalue weighted by molar-refractivity contribution is 7.80. The van der Waals surface area contributed by atoms with Gasteiger partial charge in [-0.05, 0) is 43.4 Å². The highest BCUT2D eigenvalue weighted by Gasteiger charge is 1.97. The molecule has 6 nitrogen and oxygen atoms in total. The summed E-state index contributed by atoms with van der Waals surface area (Å²) < 4.78 is 0. The Morgan fingerprint density at radius 1 is 1.35 bits per heavy atom. The number of hydrogen-bond acceptors (Lipinski definition) is 4. The van der Waals surface area contributed by atoms with Crippen LogP contribution in [0.3, 0.4) is 0 Å². The van der Waals surface area contributed by atoms with Crippen molar-refractivity contribution in [1.29, 1.82) is 0 Å². The molecule has 4 N–H and O–H groups in total. The zero-order valence-corrected chi connectivity index (χ0v) is 10.1. The van der Waals surface area contributed by atoms with Crippen LogP contribution in [0, 0.1) is 0 Å². The average Bonchev–Trinajstić information content (AvgIpc) is 2.35. The molecule has 0 atom stereocenters. The number of thiocarbonyl (C=S) groups is 1. The third kappa shape index (κ3) is 5.14. The number of anilines is 2. The smallest absolute Gasteiger partial charge is 0.225 e. The van der Waals surface area contributed by atoms with E-state index in [1.165, 1.54) is 0 Å². The maximum Gasteiger partial charge on any atom is 0.225 e. The van der Waals surface area contributed by atoms with Crippen LogP contribution in [-0.2, 0) is 9.63 Å². The lowest BCUT2D eigenvalue weighted by Crippen LogP contribution is -2.28. The Morgan fingerprint density at radius 2 is 2.00 bits per heavy atom. The Hall–Kier alpha value is -1.86. The van der Waals surface area contributed by atoms with E-state index in [0.717, 1.165) is 11.4 Å². The number of nitrogens with one attached hydrogen (secondary N) is 4. The molecule has 0 spiro atoms. The predicted octanol–water partition coefficient (Wildman–Crippen LogP) is 0.997. The number of hydrazine groups is 1. The van der Waals surface area contributed by atoms with Crippen LogP contribution in [0.5, 0.6) is 0 Å². The van der Waals surface area contributed by atoms with Crippen LogP contribution in [0.25, 0.3) is 0 Å². The molecule has 0 saturated heterocycles. The maximum absolute atomic E-state index is 10.1. The summed E-state index contributed by atoms with van der Waals surface area (Å²) in [5.74, 6) is 0. The molecule has 0 bridgehead atoms. The fraction of sp³-hybridized carbons (Fsp3) is 0.200. The minimum absolute atomic E-state index is 0.388. The molecule has 0 aliphatic rings. The van der Waals surface area contributed by atoms with Gasteiger partial charge in [0.2, 0.25) is 6.41 Å². The summed E-state index contributed by atoms with van der Waals surface area (Å²) in [4.78, 5) is 15.0. The normalized spacial score (nSPS) is 9.24. The molecule has 7 heteroatoms. The number of hydrogen-bond donors (Lipinski definition) is 4. The zero-order chi connectivity index (χ0) is 12.5. The van der Waals surface area contributed by atoms with E-state index in [2.05, 4.69) is 21.6 Å². The monoisotopic (exact) mass is 254 g/mol. The minimum atomic E-state index is 0.388. The number of benzene rings is 1. The second-order valence-electron chi connectivity index (χ2n) is 2.95. The summed E-state index contributed by atoms with van der Waals surface area (Å²) in [6, 6.07) is 7.22. The highest BCUT2D eigenvalue weighted by atomic mass is 32.1. The van der Waals surface area contributed by atoms with E-state index in [1.807, 2.05) is 19.1 Å².